The SMILES string of the molecule is Cc1cc(C23CC4CC(C2)CC(c2cc(C)c(O)c(C(c5cc(C)c(O)c(C)c5C)c5cc(C)c(O)c(C)c5C)c2)(C4)C3)cc(C(c2cc(C)c(O)c(C)c2C)c2cc(C)c(O)c(C)c2C)c1O. The quantitative estimate of drug-likeness (QED) is 0.0846. The molecule has 0 atom stereocenters. The molecule has 4 bridgehead atoms. The van der Waals surface area contributed by atoms with E-state index in [1.165, 1.54) is 17.5 Å². The maximum Gasteiger partial charge on any atom is 0.122 e. The fourth-order valence-corrected chi connectivity index (χ4v) is 14.2. The number of benzene rings is 6. The first-order valence-corrected chi connectivity index (χ1v) is 24.8. The summed E-state index contributed by atoms with van der Waals surface area (Å²) >= 11 is 0. The smallest absolute Gasteiger partial charge is 0.122 e. The zero-order valence-electron chi connectivity index (χ0n) is 42.9. The zero-order chi connectivity index (χ0) is 49.4. The molecule has 0 aromatic heterocycles. The first-order valence-electron chi connectivity index (χ1n) is 24.8. The highest BCUT2D eigenvalue weighted by molar-refractivity contribution is 5.65. The monoisotopic (exact) mass is 913 g/mol. The van der Waals surface area contributed by atoms with Gasteiger partial charge in [-0.1, -0.05) is 48.5 Å². The summed E-state index contributed by atoms with van der Waals surface area (Å²) in [5.41, 5.74) is 20.1. The van der Waals surface area contributed by atoms with Crippen molar-refractivity contribution in [1.82, 2.24) is 0 Å². The summed E-state index contributed by atoms with van der Waals surface area (Å²) in [5.74, 6) is 2.02. The Kier molecular flexibility index (Phi) is 11.4. The van der Waals surface area contributed by atoms with Crippen LogP contribution in [0.5, 0.6) is 34.5 Å². The van der Waals surface area contributed by atoms with Crippen LogP contribution in [0, 0.1) is 109 Å². The molecular weight excluding hydrogens is 841 g/mol. The highest BCUT2D eigenvalue weighted by Crippen LogP contribution is 2.67. The lowest BCUT2D eigenvalue weighted by molar-refractivity contribution is -0.0282. The van der Waals surface area contributed by atoms with Crippen molar-refractivity contribution >= 4 is 0 Å². The summed E-state index contributed by atoms with van der Waals surface area (Å²) < 4.78 is 0. The topological polar surface area (TPSA) is 121 Å². The molecule has 6 heteroatoms. The van der Waals surface area contributed by atoms with E-state index >= 15 is 0 Å². The Morgan fingerprint density at radius 2 is 0.574 bits per heavy atom. The van der Waals surface area contributed by atoms with Crippen molar-refractivity contribution in [3.8, 4) is 34.5 Å². The van der Waals surface area contributed by atoms with Gasteiger partial charge < -0.3 is 30.6 Å². The Labute approximate surface area is 404 Å². The van der Waals surface area contributed by atoms with Crippen molar-refractivity contribution < 1.29 is 30.6 Å². The van der Waals surface area contributed by atoms with Gasteiger partial charge >= 0.3 is 0 Å². The number of hydrogen-bond donors (Lipinski definition) is 6. The lowest BCUT2D eigenvalue weighted by Crippen LogP contribution is -2.56. The van der Waals surface area contributed by atoms with E-state index < -0.39 is 0 Å². The van der Waals surface area contributed by atoms with Crippen LogP contribution in [0.2, 0.25) is 0 Å². The summed E-state index contributed by atoms with van der Waals surface area (Å²) in [6, 6.07) is 17.5. The molecule has 6 N–H and O–H groups in total. The Morgan fingerprint density at radius 1 is 0.324 bits per heavy atom. The molecule has 356 valence electrons. The maximum absolute atomic E-state index is 12.4. The fourth-order valence-electron chi connectivity index (χ4n) is 14.2. The third kappa shape index (κ3) is 7.09. The predicted molar refractivity (Wildman–Crippen MR) is 275 cm³/mol. The second-order valence-corrected chi connectivity index (χ2v) is 22.4. The van der Waals surface area contributed by atoms with Crippen molar-refractivity contribution in [2.75, 3.05) is 0 Å². The highest BCUT2D eigenvalue weighted by Gasteiger charge is 2.59. The molecule has 4 saturated carbocycles. The summed E-state index contributed by atoms with van der Waals surface area (Å²) in [4.78, 5) is 0. The minimum Gasteiger partial charge on any atom is -0.507 e. The van der Waals surface area contributed by atoms with Gasteiger partial charge in [-0.05, 0) is 269 Å². The standard InChI is InChI=1S/C62H72O6/c1-29-15-45(22-51(59(29)67)53(47-17-31(3)55(63)39(11)35(47)7)48-18-32(4)56(64)40(12)36(48)8)61-24-43-21-44(25-61)27-62(26-43,28-61)46-16-30(2)60(68)52(23-46)54(49-19-33(5)57(65)41(13)37(49)9)50-20-34(6)58(66)42(14)38(50)10/h15-20,22-23,43-44,53-54,63-68H,21,24-28H2,1-14H3. The zero-order valence-corrected chi connectivity index (χ0v) is 42.9. The molecule has 0 unspecified atom stereocenters. The van der Waals surface area contributed by atoms with Gasteiger partial charge in [0, 0.05) is 23.0 Å². The van der Waals surface area contributed by atoms with Gasteiger partial charge in [0.25, 0.3) is 0 Å². The van der Waals surface area contributed by atoms with Crippen LogP contribution in [0.4, 0.5) is 0 Å². The summed E-state index contributed by atoms with van der Waals surface area (Å²) in [6.07, 6.45) is 6.47. The van der Waals surface area contributed by atoms with E-state index in [1.807, 2.05) is 69.2 Å². The van der Waals surface area contributed by atoms with E-state index in [9.17, 15) is 30.6 Å². The third-order valence-corrected chi connectivity index (χ3v) is 18.2. The van der Waals surface area contributed by atoms with Gasteiger partial charge in [0.05, 0.1) is 0 Å². The molecule has 4 aliphatic carbocycles. The number of aryl methyl sites for hydroxylation is 6. The van der Waals surface area contributed by atoms with Crippen LogP contribution in [-0.4, -0.2) is 30.6 Å². The van der Waals surface area contributed by atoms with Crippen LogP contribution in [0.1, 0.15) is 173 Å². The number of phenolic OH excluding ortho intramolecular Hbond substituents is 6. The molecule has 10 rings (SSSR count). The van der Waals surface area contributed by atoms with E-state index in [0.717, 1.165) is 143 Å². The molecule has 0 amide bonds. The second-order valence-electron chi connectivity index (χ2n) is 22.4. The minimum atomic E-state index is -0.363. The van der Waals surface area contributed by atoms with Crippen molar-refractivity contribution in [3.63, 3.8) is 0 Å². The summed E-state index contributed by atoms with van der Waals surface area (Å²) in [7, 11) is 0. The lowest BCUT2D eigenvalue weighted by atomic mass is 9.41. The van der Waals surface area contributed by atoms with E-state index in [1.54, 1.807) is 0 Å². The van der Waals surface area contributed by atoms with Crippen LogP contribution in [-0.2, 0) is 10.8 Å². The molecule has 6 aromatic rings. The van der Waals surface area contributed by atoms with Crippen LogP contribution in [0.15, 0.2) is 48.5 Å². The van der Waals surface area contributed by atoms with E-state index in [2.05, 4.69) is 76.2 Å². The molecule has 0 saturated heterocycles. The predicted octanol–water partition coefficient (Wildman–Crippen LogP) is 14.4. The number of rotatable bonds is 8. The number of phenols is 6. The van der Waals surface area contributed by atoms with Crippen LogP contribution in [0.25, 0.3) is 0 Å². The van der Waals surface area contributed by atoms with Gasteiger partial charge in [0.2, 0.25) is 0 Å². The maximum atomic E-state index is 12.4. The van der Waals surface area contributed by atoms with Crippen molar-refractivity contribution in [1.29, 1.82) is 0 Å². The van der Waals surface area contributed by atoms with Crippen LogP contribution >= 0.6 is 0 Å². The molecule has 0 spiro atoms. The molecule has 4 fully saturated rings. The van der Waals surface area contributed by atoms with Gasteiger partial charge in [-0.25, -0.2) is 0 Å². The molecular formula is C62H72O6. The van der Waals surface area contributed by atoms with Gasteiger partial charge in [0.15, 0.2) is 0 Å². The van der Waals surface area contributed by atoms with E-state index in [0.29, 0.717) is 34.8 Å². The second kappa shape index (κ2) is 16.4. The van der Waals surface area contributed by atoms with Crippen molar-refractivity contribution in [2.45, 2.75) is 158 Å². The Bertz CT molecular complexity index is 2770. The van der Waals surface area contributed by atoms with Gasteiger partial charge in [0.1, 0.15) is 34.5 Å². The summed E-state index contributed by atoms with van der Waals surface area (Å²) in [5, 5.41) is 69.4. The van der Waals surface area contributed by atoms with Gasteiger partial charge in [-0.15, -0.1) is 0 Å². The minimum absolute atomic E-state index is 0.150. The fraction of sp³-hybridized carbons (Fsp3) is 0.419. The molecule has 68 heavy (non-hydrogen) atoms. The normalized spacial score (nSPS) is 20.9. The Balaban J connectivity index is 1.24. The molecule has 6 nitrogen and oxygen atoms in total. The first-order chi connectivity index (χ1) is 31.9. The lowest BCUT2D eigenvalue weighted by Gasteiger charge is -2.63. The number of aromatic hydroxyl groups is 6. The van der Waals surface area contributed by atoms with E-state index in [4.69, 9.17) is 0 Å². The van der Waals surface area contributed by atoms with Crippen molar-refractivity contribution in [3.05, 3.63) is 171 Å². The van der Waals surface area contributed by atoms with Crippen molar-refractivity contribution in [2.24, 2.45) is 11.8 Å². The average molecular weight is 913 g/mol. The van der Waals surface area contributed by atoms with Crippen LogP contribution < -0.4 is 0 Å². The molecule has 4 aliphatic rings. The molecule has 6 aromatic carbocycles. The average Bonchev–Trinajstić information content (AvgIpc) is 3.29. The Hall–Kier alpha value is -5.88. The van der Waals surface area contributed by atoms with Gasteiger partial charge in [-0.2, -0.15) is 0 Å². The molecule has 0 aliphatic heterocycles. The van der Waals surface area contributed by atoms with Crippen LogP contribution in [0.3, 0.4) is 0 Å². The highest BCUT2D eigenvalue weighted by atomic mass is 16.3. The molecule has 0 heterocycles. The van der Waals surface area contributed by atoms with Gasteiger partial charge in [-0.3, -0.25) is 0 Å². The molecule has 0 radical (unpaired) electrons. The third-order valence-electron chi connectivity index (χ3n) is 18.2. The summed E-state index contributed by atoms with van der Waals surface area (Å²) in [6.45, 7) is 28.0. The number of hydrogen-bond acceptors (Lipinski definition) is 6. The van der Waals surface area contributed by atoms with E-state index in [-0.39, 0.29) is 34.2 Å². The Morgan fingerprint density at radius 3 is 0.838 bits per heavy atom. The largest absolute Gasteiger partial charge is 0.507 e. The first kappa shape index (κ1) is 47.2.